The predicted octanol–water partition coefficient (Wildman–Crippen LogP) is 3.88. The van der Waals surface area contributed by atoms with Crippen molar-refractivity contribution in [2.45, 2.75) is 6.92 Å². The Kier molecular flexibility index (Phi) is 3.93. The highest BCUT2D eigenvalue weighted by atomic mass is 35.5. The first kappa shape index (κ1) is 12.3. The topological polar surface area (TPSA) is 34.1 Å². The summed E-state index contributed by atoms with van der Waals surface area (Å²) < 4.78 is 6.01. The average molecular weight is 285 g/mol. The molecular weight excluding hydrogens is 276 g/mol. The molecule has 0 radical (unpaired) electrons. The van der Waals surface area contributed by atoms with Crippen molar-refractivity contribution in [1.29, 1.82) is 0 Å². The number of hydrogen-bond donors (Lipinski definition) is 1. The Morgan fingerprint density at radius 3 is 2.94 bits per heavy atom. The number of thiophene rings is 1. The molecule has 2 rings (SSSR count). The van der Waals surface area contributed by atoms with Gasteiger partial charge in [0.25, 0.3) is 5.17 Å². The molecule has 1 N–H and O–H groups in total. The molecule has 0 amide bonds. The molecule has 0 aromatic carbocycles. The van der Waals surface area contributed by atoms with Crippen molar-refractivity contribution in [2.75, 3.05) is 5.32 Å². The lowest BCUT2D eigenvalue weighted by molar-refractivity contribution is 0.539. The zero-order valence-electron chi connectivity index (χ0n) is 8.94. The third kappa shape index (κ3) is 3.15. The maximum Gasteiger partial charge on any atom is 0.268 e. The van der Waals surface area contributed by atoms with Crippen LogP contribution in [0.25, 0.3) is 0 Å². The predicted molar refractivity (Wildman–Crippen MR) is 75.2 cm³/mol. The minimum atomic E-state index is 0.229. The van der Waals surface area contributed by atoms with Gasteiger partial charge in [0.2, 0.25) is 5.88 Å². The van der Waals surface area contributed by atoms with Crippen LogP contribution in [-0.2, 0) is 0 Å². The number of hydrogen-bond acceptors (Lipinski definition) is 4. The number of pyridine rings is 1. The highest BCUT2D eigenvalue weighted by Gasteiger charge is 2.09. The monoisotopic (exact) mass is 284 g/mol. The number of nitrogens with zero attached hydrogens (tertiary/aromatic N) is 1. The van der Waals surface area contributed by atoms with Crippen LogP contribution in [0.15, 0.2) is 29.8 Å². The number of aromatic nitrogens is 1. The van der Waals surface area contributed by atoms with E-state index in [0.29, 0.717) is 10.2 Å². The molecule has 0 saturated carbocycles. The van der Waals surface area contributed by atoms with Crippen LogP contribution in [0.4, 0.5) is 5.69 Å². The SMILES string of the molecule is Cc1csc(Cl)c1NC(=S)Oc1ccccn1. The molecule has 0 spiro atoms. The summed E-state index contributed by atoms with van der Waals surface area (Å²) in [5.74, 6) is 0.453. The van der Waals surface area contributed by atoms with Gasteiger partial charge < -0.3 is 10.1 Å². The molecule has 0 aliphatic rings. The van der Waals surface area contributed by atoms with Crippen LogP contribution in [0.5, 0.6) is 5.88 Å². The van der Waals surface area contributed by atoms with Crippen LogP contribution in [0.3, 0.4) is 0 Å². The fourth-order valence-corrected chi connectivity index (χ4v) is 2.44. The Labute approximate surface area is 113 Å². The number of nitrogens with one attached hydrogen (secondary N) is 1. The van der Waals surface area contributed by atoms with E-state index < -0.39 is 0 Å². The Morgan fingerprint density at radius 1 is 1.53 bits per heavy atom. The molecule has 0 atom stereocenters. The van der Waals surface area contributed by atoms with Crippen molar-refractivity contribution in [3.05, 3.63) is 39.7 Å². The third-order valence-corrected chi connectivity index (χ3v) is 3.52. The highest BCUT2D eigenvalue weighted by Crippen LogP contribution is 2.32. The Hall–Kier alpha value is -1.17. The van der Waals surface area contributed by atoms with Crippen molar-refractivity contribution >= 4 is 46.0 Å². The minimum absolute atomic E-state index is 0.229. The zero-order chi connectivity index (χ0) is 12.3. The second-order valence-electron chi connectivity index (χ2n) is 3.25. The third-order valence-electron chi connectivity index (χ3n) is 1.99. The van der Waals surface area contributed by atoms with Crippen LogP contribution in [0.2, 0.25) is 4.34 Å². The second kappa shape index (κ2) is 5.44. The quantitative estimate of drug-likeness (QED) is 0.849. The van der Waals surface area contributed by atoms with Crippen molar-refractivity contribution < 1.29 is 4.74 Å². The second-order valence-corrected chi connectivity index (χ2v) is 5.10. The standard InChI is InChI=1S/C11H9ClN2OS2/c1-7-6-17-10(12)9(7)14-11(16)15-8-4-2-3-5-13-8/h2-6H,1H3,(H,14,16). The summed E-state index contributed by atoms with van der Waals surface area (Å²) in [5.41, 5.74) is 1.82. The van der Waals surface area contributed by atoms with E-state index in [0.717, 1.165) is 11.3 Å². The maximum atomic E-state index is 6.02. The van der Waals surface area contributed by atoms with Gasteiger partial charge in [0.15, 0.2) is 0 Å². The molecule has 0 aliphatic carbocycles. The number of halogens is 1. The lowest BCUT2D eigenvalue weighted by atomic mass is 10.3. The van der Waals surface area contributed by atoms with Crippen LogP contribution in [0.1, 0.15) is 5.56 Å². The minimum Gasteiger partial charge on any atom is -0.413 e. The number of anilines is 1. The van der Waals surface area contributed by atoms with E-state index in [1.54, 1.807) is 12.3 Å². The van der Waals surface area contributed by atoms with E-state index >= 15 is 0 Å². The summed E-state index contributed by atoms with van der Waals surface area (Å²) >= 11 is 12.5. The molecular formula is C11H9ClN2OS2. The van der Waals surface area contributed by atoms with E-state index in [-0.39, 0.29) is 5.17 Å². The zero-order valence-corrected chi connectivity index (χ0v) is 11.3. The van der Waals surface area contributed by atoms with Gasteiger partial charge in [-0.05, 0) is 36.2 Å². The molecule has 0 aliphatic heterocycles. The smallest absolute Gasteiger partial charge is 0.268 e. The first-order valence-corrected chi connectivity index (χ1v) is 6.47. The normalized spacial score (nSPS) is 10.0. The molecule has 88 valence electrons. The molecule has 17 heavy (non-hydrogen) atoms. The van der Waals surface area contributed by atoms with Crippen molar-refractivity contribution in [1.82, 2.24) is 4.98 Å². The van der Waals surface area contributed by atoms with E-state index in [1.807, 2.05) is 24.4 Å². The Balaban J connectivity index is 2.03. The van der Waals surface area contributed by atoms with Gasteiger partial charge in [-0.25, -0.2) is 4.98 Å². The van der Waals surface area contributed by atoms with Gasteiger partial charge >= 0.3 is 0 Å². The van der Waals surface area contributed by atoms with Crippen molar-refractivity contribution in [3.63, 3.8) is 0 Å². The number of thiocarbonyl (C=S) groups is 1. The largest absolute Gasteiger partial charge is 0.413 e. The van der Waals surface area contributed by atoms with Crippen molar-refractivity contribution in [2.24, 2.45) is 0 Å². The van der Waals surface area contributed by atoms with Crippen molar-refractivity contribution in [3.8, 4) is 5.88 Å². The van der Waals surface area contributed by atoms with Gasteiger partial charge in [0, 0.05) is 12.3 Å². The van der Waals surface area contributed by atoms with Gasteiger partial charge in [-0.2, -0.15) is 0 Å². The number of ether oxygens (including phenoxy) is 1. The van der Waals surface area contributed by atoms with E-state index in [4.69, 9.17) is 28.6 Å². The van der Waals surface area contributed by atoms with Crippen LogP contribution < -0.4 is 10.1 Å². The van der Waals surface area contributed by atoms with E-state index in [9.17, 15) is 0 Å². The van der Waals surface area contributed by atoms with E-state index in [1.165, 1.54) is 11.3 Å². The van der Waals surface area contributed by atoms with Gasteiger partial charge in [-0.3, -0.25) is 0 Å². The summed E-state index contributed by atoms with van der Waals surface area (Å²) in [6, 6.07) is 5.37. The first-order valence-electron chi connectivity index (χ1n) is 4.80. The molecule has 3 nitrogen and oxygen atoms in total. The maximum absolute atomic E-state index is 6.02. The van der Waals surface area contributed by atoms with Crippen LogP contribution in [-0.4, -0.2) is 10.2 Å². The summed E-state index contributed by atoms with van der Waals surface area (Å²) in [4.78, 5) is 4.01. The Bertz CT molecular complexity index is 508. The lowest BCUT2D eigenvalue weighted by Crippen LogP contribution is -2.17. The average Bonchev–Trinajstić information content (AvgIpc) is 2.62. The van der Waals surface area contributed by atoms with Gasteiger partial charge in [0.05, 0.1) is 5.69 Å². The summed E-state index contributed by atoms with van der Waals surface area (Å²) in [6.45, 7) is 1.95. The fraction of sp³-hybridized carbons (Fsp3) is 0.0909. The molecule has 0 bridgehead atoms. The molecule has 6 heteroatoms. The lowest BCUT2D eigenvalue weighted by Gasteiger charge is -2.08. The van der Waals surface area contributed by atoms with Crippen LogP contribution >= 0.6 is 35.2 Å². The summed E-state index contributed by atoms with van der Waals surface area (Å²) in [5, 5.41) is 5.14. The van der Waals surface area contributed by atoms with Gasteiger partial charge in [-0.15, -0.1) is 11.3 Å². The highest BCUT2D eigenvalue weighted by molar-refractivity contribution is 7.80. The molecule has 2 heterocycles. The molecule has 0 fully saturated rings. The number of aryl methyl sites for hydroxylation is 1. The molecule has 0 saturated heterocycles. The number of rotatable bonds is 2. The first-order chi connectivity index (χ1) is 8.16. The van der Waals surface area contributed by atoms with E-state index in [2.05, 4.69) is 10.3 Å². The molecule has 0 unspecified atom stereocenters. The molecule has 2 aromatic rings. The van der Waals surface area contributed by atoms with Gasteiger partial charge in [0.1, 0.15) is 4.34 Å². The molecule has 2 aromatic heterocycles. The fourth-order valence-electron chi connectivity index (χ4n) is 1.19. The summed E-state index contributed by atoms with van der Waals surface area (Å²) in [7, 11) is 0. The van der Waals surface area contributed by atoms with Gasteiger partial charge in [-0.1, -0.05) is 17.7 Å². The Morgan fingerprint density at radius 2 is 2.35 bits per heavy atom. The van der Waals surface area contributed by atoms with Crippen LogP contribution in [0, 0.1) is 6.92 Å². The summed E-state index contributed by atoms with van der Waals surface area (Å²) in [6.07, 6.45) is 1.64.